The lowest BCUT2D eigenvalue weighted by atomic mass is 9.78. The Hall–Kier alpha value is -1.10. The van der Waals surface area contributed by atoms with E-state index in [1.54, 1.807) is 0 Å². The van der Waals surface area contributed by atoms with Gasteiger partial charge in [-0.2, -0.15) is 0 Å². The van der Waals surface area contributed by atoms with Crippen molar-refractivity contribution in [3.63, 3.8) is 0 Å². The molecule has 0 aromatic carbocycles. The fourth-order valence-corrected chi connectivity index (χ4v) is 1.96. The van der Waals surface area contributed by atoms with Crippen LogP contribution in [0.1, 0.15) is 32.6 Å². The third-order valence-electron chi connectivity index (χ3n) is 2.82. The van der Waals surface area contributed by atoms with E-state index in [1.807, 2.05) is 0 Å². The Labute approximate surface area is 83.2 Å². The fourth-order valence-electron chi connectivity index (χ4n) is 1.96. The minimum atomic E-state index is -1.34. The number of carbonyl (C=O) groups excluding carboxylic acids is 1. The molecule has 1 saturated carbocycles. The molecule has 5 N–H and O–H groups in total. The van der Waals surface area contributed by atoms with Gasteiger partial charge in [-0.3, -0.25) is 10.2 Å². The maximum atomic E-state index is 11.3. The number of Topliss-reactive ketones (excluding diaryl/α,β-unsaturated/α-hetero) is 1. The number of hydrogen-bond donors (Lipinski definition) is 4. The average Bonchev–Trinajstić information content (AvgIpc) is 2.08. The molecule has 0 spiro atoms. The lowest BCUT2D eigenvalue weighted by Gasteiger charge is -2.38. The highest BCUT2D eigenvalue weighted by Crippen LogP contribution is 2.29. The summed E-state index contributed by atoms with van der Waals surface area (Å²) < 4.78 is 0. The van der Waals surface area contributed by atoms with E-state index in [2.05, 4.69) is 5.32 Å². The Bertz CT molecular complexity index is 254. The summed E-state index contributed by atoms with van der Waals surface area (Å²) in [5, 5.41) is 19.8. The van der Waals surface area contributed by atoms with Gasteiger partial charge in [-0.1, -0.05) is 6.42 Å². The van der Waals surface area contributed by atoms with Gasteiger partial charge in [-0.25, -0.2) is 0 Å². The maximum Gasteiger partial charge on any atom is 0.186 e. The van der Waals surface area contributed by atoms with E-state index in [1.165, 1.54) is 6.92 Å². The van der Waals surface area contributed by atoms with Gasteiger partial charge in [-0.05, 0) is 26.2 Å². The molecule has 80 valence electrons. The van der Waals surface area contributed by atoms with Crippen molar-refractivity contribution in [3.05, 3.63) is 0 Å². The summed E-state index contributed by atoms with van der Waals surface area (Å²) in [6, 6.07) is -0.411. The normalized spacial score (nSPS) is 32.3. The fraction of sp³-hybridized carbons (Fsp3) is 0.778. The van der Waals surface area contributed by atoms with E-state index in [-0.39, 0.29) is 11.7 Å². The number of carbonyl (C=O) groups is 1. The monoisotopic (exact) mass is 199 g/mol. The molecule has 2 unspecified atom stereocenters. The van der Waals surface area contributed by atoms with Crippen LogP contribution >= 0.6 is 0 Å². The Morgan fingerprint density at radius 2 is 2.29 bits per heavy atom. The second-order valence-electron chi connectivity index (χ2n) is 3.84. The SMILES string of the molecule is CC(=O)C1(O)CCCCC1NC(=N)N. The van der Waals surface area contributed by atoms with Gasteiger partial charge in [-0.15, -0.1) is 0 Å². The molecule has 0 amide bonds. The molecule has 5 nitrogen and oxygen atoms in total. The summed E-state index contributed by atoms with van der Waals surface area (Å²) in [7, 11) is 0. The number of rotatable bonds is 2. The van der Waals surface area contributed by atoms with Crippen LogP contribution in [0.4, 0.5) is 0 Å². The highest BCUT2D eigenvalue weighted by atomic mass is 16.3. The molecule has 0 aromatic rings. The zero-order valence-electron chi connectivity index (χ0n) is 8.34. The molecular formula is C9H17N3O2. The first-order valence-corrected chi connectivity index (χ1v) is 4.81. The van der Waals surface area contributed by atoms with Gasteiger partial charge in [0.15, 0.2) is 11.7 Å². The van der Waals surface area contributed by atoms with Crippen molar-refractivity contribution in [1.29, 1.82) is 5.41 Å². The van der Waals surface area contributed by atoms with Crippen LogP contribution in [0.25, 0.3) is 0 Å². The summed E-state index contributed by atoms with van der Waals surface area (Å²) in [5.74, 6) is -0.451. The molecule has 1 aliphatic rings. The maximum absolute atomic E-state index is 11.3. The molecule has 5 heteroatoms. The summed E-state index contributed by atoms with van der Waals surface area (Å²) in [6.07, 6.45) is 2.91. The number of nitrogens with one attached hydrogen (secondary N) is 2. The smallest absolute Gasteiger partial charge is 0.186 e. The molecule has 0 bridgehead atoms. The van der Waals surface area contributed by atoms with Crippen molar-refractivity contribution >= 4 is 11.7 Å². The average molecular weight is 199 g/mol. The molecule has 2 atom stereocenters. The topological polar surface area (TPSA) is 99.2 Å². The molecule has 1 aliphatic carbocycles. The van der Waals surface area contributed by atoms with Gasteiger partial charge in [0.2, 0.25) is 0 Å². The predicted octanol–water partition coefficient (Wildman–Crippen LogP) is -0.268. The molecule has 0 heterocycles. The van der Waals surface area contributed by atoms with Crippen molar-refractivity contribution in [2.75, 3.05) is 0 Å². The van der Waals surface area contributed by atoms with Crippen LogP contribution in [-0.2, 0) is 4.79 Å². The highest BCUT2D eigenvalue weighted by Gasteiger charge is 2.43. The van der Waals surface area contributed by atoms with Crippen LogP contribution in [0.15, 0.2) is 0 Å². The van der Waals surface area contributed by atoms with E-state index in [0.29, 0.717) is 12.8 Å². The molecule has 14 heavy (non-hydrogen) atoms. The summed E-state index contributed by atoms with van der Waals surface area (Å²) in [6.45, 7) is 1.38. The van der Waals surface area contributed by atoms with Crippen molar-refractivity contribution < 1.29 is 9.90 Å². The first-order valence-electron chi connectivity index (χ1n) is 4.81. The number of guanidine groups is 1. The second kappa shape index (κ2) is 3.96. The largest absolute Gasteiger partial charge is 0.380 e. The van der Waals surface area contributed by atoms with Crippen LogP contribution in [0.3, 0.4) is 0 Å². The minimum absolute atomic E-state index is 0.198. The van der Waals surface area contributed by atoms with Gasteiger partial charge < -0.3 is 16.2 Å². The van der Waals surface area contributed by atoms with Gasteiger partial charge in [0, 0.05) is 0 Å². The van der Waals surface area contributed by atoms with Gasteiger partial charge in [0.1, 0.15) is 5.60 Å². The van der Waals surface area contributed by atoms with Crippen LogP contribution in [0.5, 0.6) is 0 Å². The first kappa shape index (κ1) is 11.0. The number of aliphatic hydroxyl groups is 1. The first-order chi connectivity index (χ1) is 6.47. The third-order valence-corrected chi connectivity index (χ3v) is 2.82. The molecule has 0 aliphatic heterocycles. The zero-order chi connectivity index (χ0) is 10.8. The number of nitrogens with two attached hydrogens (primary N) is 1. The van der Waals surface area contributed by atoms with Crippen molar-refractivity contribution in [2.24, 2.45) is 5.73 Å². The van der Waals surface area contributed by atoms with E-state index >= 15 is 0 Å². The summed E-state index contributed by atoms with van der Waals surface area (Å²) in [4.78, 5) is 11.3. The summed E-state index contributed by atoms with van der Waals surface area (Å²) in [5.41, 5.74) is 3.85. The number of ketones is 1. The zero-order valence-corrected chi connectivity index (χ0v) is 8.34. The van der Waals surface area contributed by atoms with Crippen molar-refractivity contribution in [2.45, 2.75) is 44.2 Å². The Morgan fingerprint density at radius 1 is 1.64 bits per heavy atom. The molecule has 0 aromatic heterocycles. The molecule has 1 fully saturated rings. The number of hydrogen-bond acceptors (Lipinski definition) is 3. The lowest BCUT2D eigenvalue weighted by molar-refractivity contribution is -0.140. The van der Waals surface area contributed by atoms with Crippen molar-refractivity contribution in [3.8, 4) is 0 Å². The second-order valence-corrected chi connectivity index (χ2v) is 3.84. The van der Waals surface area contributed by atoms with Crippen molar-refractivity contribution in [1.82, 2.24) is 5.32 Å². The van der Waals surface area contributed by atoms with Gasteiger partial charge >= 0.3 is 0 Å². The van der Waals surface area contributed by atoms with Gasteiger partial charge in [0.25, 0.3) is 0 Å². The van der Waals surface area contributed by atoms with Gasteiger partial charge in [0.05, 0.1) is 6.04 Å². The highest BCUT2D eigenvalue weighted by molar-refractivity contribution is 5.87. The third kappa shape index (κ3) is 2.04. The van der Waals surface area contributed by atoms with E-state index < -0.39 is 11.6 Å². The quantitative estimate of drug-likeness (QED) is 0.363. The minimum Gasteiger partial charge on any atom is -0.380 e. The molecular weight excluding hydrogens is 182 g/mol. The molecule has 1 rings (SSSR count). The van der Waals surface area contributed by atoms with E-state index in [0.717, 1.165) is 12.8 Å². The Balaban J connectivity index is 2.77. The standard InChI is InChI=1S/C9H17N3O2/c1-6(13)9(14)5-3-2-4-7(9)12-8(10)11/h7,14H,2-5H2,1H3,(H4,10,11,12). The van der Waals surface area contributed by atoms with Crippen LogP contribution in [0.2, 0.25) is 0 Å². The Morgan fingerprint density at radius 3 is 2.79 bits per heavy atom. The van der Waals surface area contributed by atoms with Crippen LogP contribution in [-0.4, -0.2) is 28.5 Å². The van der Waals surface area contributed by atoms with Crippen LogP contribution < -0.4 is 11.1 Å². The summed E-state index contributed by atoms with van der Waals surface area (Å²) >= 11 is 0. The molecule has 0 radical (unpaired) electrons. The lowest BCUT2D eigenvalue weighted by Crippen LogP contribution is -2.59. The molecule has 0 saturated heterocycles. The van der Waals surface area contributed by atoms with E-state index in [9.17, 15) is 9.90 Å². The predicted molar refractivity (Wildman–Crippen MR) is 52.9 cm³/mol. The van der Waals surface area contributed by atoms with Crippen LogP contribution in [0, 0.1) is 5.41 Å². The van der Waals surface area contributed by atoms with E-state index in [4.69, 9.17) is 11.1 Å². The Kier molecular flexibility index (Phi) is 3.10.